The Morgan fingerprint density at radius 1 is 1.71 bits per heavy atom. The molecule has 7 heteroatoms. The third-order valence-corrected chi connectivity index (χ3v) is 2.81. The van der Waals surface area contributed by atoms with Crippen LogP contribution in [-0.4, -0.2) is 38.5 Å². The number of nitrogens with two attached hydrogens (primary N) is 1. The topological polar surface area (TPSA) is 98.6 Å². The molecule has 1 aliphatic rings. The van der Waals surface area contributed by atoms with Gasteiger partial charge in [-0.05, 0) is 25.7 Å². The van der Waals surface area contributed by atoms with Crippen molar-refractivity contribution in [1.82, 2.24) is 14.8 Å². The number of nitrogens with zero attached hydrogens (tertiary/aromatic N) is 4. The summed E-state index contributed by atoms with van der Waals surface area (Å²) in [6, 6.07) is 0. The van der Waals surface area contributed by atoms with Gasteiger partial charge in [0.1, 0.15) is 6.33 Å². The van der Waals surface area contributed by atoms with Crippen LogP contribution in [0.1, 0.15) is 31.5 Å². The van der Waals surface area contributed by atoms with Crippen molar-refractivity contribution in [1.29, 1.82) is 0 Å². The Bertz CT molecular complexity index is 384. The molecule has 1 aromatic rings. The predicted molar refractivity (Wildman–Crippen MR) is 60.7 cm³/mol. The van der Waals surface area contributed by atoms with Gasteiger partial charge in [-0.25, -0.2) is 4.98 Å². The Morgan fingerprint density at radius 2 is 2.59 bits per heavy atom. The molecule has 0 amide bonds. The average Bonchev–Trinajstić information content (AvgIpc) is 2.99. The van der Waals surface area contributed by atoms with Crippen molar-refractivity contribution >= 4 is 5.84 Å². The minimum Gasteiger partial charge on any atom is -0.409 e. The van der Waals surface area contributed by atoms with Gasteiger partial charge in [0.2, 0.25) is 11.7 Å². The highest BCUT2D eigenvalue weighted by Gasteiger charge is 2.14. The minimum atomic E-state index is -0.0668. The number of amidine groups is 1. The Balaban J connectivity index is 1.77. The molecule has 0 aromatic carbocycles. The summed E-state index contributed by atoms with van der Waals surface area (Å²) in [7, 11) is 0. The van der Waals surface area contributed by atoms with Crippen LogP contribution in [0.3, 0.4) is 0 Å². The Morgan fingerprint density at radius 3 is 3.29 bits per heavy atom. The fourth-order valence-corrected chi connectivity index (χ4v) is 1.92. The molecule has 2 heterocycles. The number of rotatable bonds is 5. The highest BCUT2D eigenvalue weighted by atomic mass is 16.5. The molecule has 0 bridgehead atoms. The van der Waals surface area contributed by atoms with Gasteiger partial charge in [-0.15, -0.1) is 5.10 Å². The van der Waals surface area contributed by atoms with Gasteiger partial charge >= 0.3 is 0 Å². The van der Waals surface area contributed by atoms with E-state index in [9.17, 15) is 0 Å². The standard InChI is InChI=1S/C10H17N5O2/c11-9(14-16)10-12-7-15(13-10)5-1-3-8-4-2-6-17-8/h7-8,16H,1-6H2,(H2,11,14). The van der Waals surface area contributed by atoms with Gasteiger partial charge in [0.15, 0.2) is 0 Å². The summed E-state index contributed by atoms with van der Waals surface area (Å²) < 4.78 is 7.23. The van der Waals surface area contributed by atoms with E-state index >= 15 is 0 Å². The summed E-state index contributed by atoms with van der Waals surface area (Å²) in [4.78, 5) is 3.94. The third kappa shape index (κ3) is 3.16. The van der Waals surface area contributed by atoms with Crippen molar-refractivity contribution in [2.24, 2.45) is 10.9 Å². The largest absolute Gasteiger partial charge is 0.409 e. The quantitative estimate of drug-likeness (QED) is 0.334. The zero-order chi connectivity index (χ0) is 12.1. The molecule has 1 aromatic heterocycles. The molecule has 7 nitrogen and oxygen atoms in total. The smallest absolute Gasteiger partial charge is 0.219 e. The Labute approximate surface area is 99.3 Å². The SMILES string of the molecule is NC(=NO)c1ncn(CCCC2CCCO2)n1. The monoisotopic (exact) mass is 239 g/mol. The maximum Gasteiger partial charge on any atom is 0.219 e. The molecule has 0 saturated carbocycles. The van der Waals surface area contributed by atoms with E-state index in [-0.39, 0.29) is 11.7 Å². The highest BCUT2D eigenvalue weighted by molar-refractivity contribution is 5.93. The van der Waals surface area contributed by atoms with Gasteiger partial charge in [0, 0.05) is 13.2 Å². The van der Waals surface area contributed by atoms with E-state index in [4.69, 9.17) is 15.7 Å². The fraction of sp³-hybridized carbons (Fsp3) is 0.700. The molecule has 17 heavy (non-hydrogen) atoms. The lowest BCUT2D eigenvalue weighted by Gasteiger charge is -2.08. The van der Waals surface area contributed by atoms with Crippen LogP contribution in [0.25, 0.3) is 0 Å². The van der Waals surface area contributed by atoms with Gasteiger partial charge in [-0.2, -0.15) is 0 Å². The minimum absolute atomic E-state index is 0.0668. The fourth-order valence-electron chi connectivity index (χ4n) is 1.92. The maximum atomic E-state index is 8.47. The van der Waals surface area contributed by atoms with Gasteiger partial charge in [0.05, 0.1) is 6.10 Å². The van der Waals surface area contributed by atoms with Gasteiger partial charge in [-0.1, -0.05) is 5.16 Å². The third-order valence-electron chi connectivity index (χ3n) is 2.81. The molecule has 0 spiro atoms. The first-order valence-corrected chi connectivity index (χ1v) is 5.78. The van der Waals surface area contributed by atoms with Crippen LogP contribution in [0.5, 0.6) is 0 Å². The lowest BCUT2D eigenvalue weighted by Crippen LogP contribution is -2.15. The molecule has 0 radical (unpaired) electrons. The van der Waals surface area contributed by atoms with Crippen LogP contribution in [0.2, 0.25) is 0 Å². The van der Waals surface area contributed by atoms with E-state index in [1.54, 1.807) is 11.0 Å². The predicted octanol–water partition coefficient (Wildman–Crippen LogP) is 0.332. The molecule has 0 aliphatic carbocycles. The molecule has 2 rings (SSSR count). The van der Waals surface area contributed by atoms with Gasteiger partial charge in [-0.3, -0.25) is 4.68 Å². The lowest BCUT2D eigenvalue weighted by molar-refractivity contribution is 0.101. The van der Waals surface area contributed by atoms with Crippen molar-refractivity contribution in [2.45, 2.75) is 38.3 Å². The summed E-state index contributed by atoms with van der Waals surface area (Å²) in [5, 5.41) is 15.4. The van der Waals surface area contributed by atoms with Crippen LogP contribution in [-0.2, 0) is 11.3 Å². The van der Waals surface area contributed by atoms with E-state index < -0.39 is 0 Å². The number of ether oxygens (including phenoxy) is 1. The maximum absolute atomic E-state index is 8.47. The molecule has 3 N–H and O–H groups in total. The first-order chi connectivity index (χ1) is 8.29. The Kier molecular flexibility index (Phi) is 3.92. The van der Waals surface area contributed by atoms with Crippen LogP contribution >= 0.6 is 0 Å². The van der Waals surface area contributed by atoms with Crippen molar-refractivity contribution in [3.8, 4) is 0 Å². The normalized spacial score (nSPS) is 20.9. The second kappa shape index (κ2) is 5.62. The second-order valence-electron chi connectivity index (χ2n) is 4.09. The van der Waals surface area contributed by atoms with Crippen LogP contribution in [0.4, 0.5) is 0 Å². The lowest BCUT2D eigenvalue weighted by atomic mass is 10.1. The Hall–Kier alpha value is -1.63. The first kappa shape index (κ1) is 11.8. The van der Waals surface area contributed by atoms with Gasteiger partial charge in [0.25, 0.3) is 0 Å². The number of hydrogen-bond donors (Lipinski definition) is 2. The summed E-state index contributed by atoms with van der Waals surface area (Å²) in [5.41, 5.74) is 5.38. The van der Waals surface area contributed by atoms with Crippen molar-refractivity contribution in [3.63, 3.8) is 0 Å². The van der Waals surface area contributed by atoms with Crippen LogP contribution < -0.4 is 5.73 Å². The van der Waals surface area contributed by atoms with E-state index in [0.29, 0.717) is 6.10 Å². The van der Waals surface area contributed by atoms with E-state index in [2.05, 4.69) is 15.2 Å². The van der Waals surface area contributed by atoms with Crippen molar-refractivity contribution in [2.75, 3.05) is 6.61 Å². The first-order valence-electron chi connectivity index (χ1n) is 5.78. The summed E-state index contributed by atoms with van der Waals surface area (Å²) in [5.74, 6) is 0.187. The molecule has 1 fully saturated rings. The zero-order valence-electron chi connectivity index (χ0n) is 9.62. The molecule has 94 valence electrons. The van der Waals surface area contributed by atoms with Crippen molar-refractivity contribution in [3.05, 3.63) is 12.2 Å². The average molecular weight is 239 g/mol. The van der Waals surface area contributed by atoms with Crippen LogP contribution in [0, 0.1) is 0 Å². The number of aryl methyl sites for hydroxylation is 1. The summed E-state index contributed by atoms with van der Waals surface area (Å²) in [6.07, 6.45) is 6.35. The molecule has 1 unspecified atom stereocenters. The second-order valence-corrected chi connectivity index (χ2v) is 4.09. The molecule has 1 saturated heterocycles. The van der Waals surface area contributed by atoms with E-state index in [0.717, 1.165) is 32.4 Å². The van der Waals surface area contributed by atoms with Crippen molar-refractivity contribution < 1.29 is 9.94 Å². The molecule has 1 atom stereocenters. The number of aromatic nitrogens is 3. The molecular formula is C10H17N5O2. The van der Waals surface area contributed by atoms with Gasteiger partial charge < -0.3 is 15.7 Å². The summed E-state index contributed by atoms with van der Waals surface area (Å²) in [6.45, 7) is 1.66. The van der Waals surface area contributed by atoms with E-state index in [1.165, 1.54) is 6.42 Å². The highest BCUT2D eigenvalue weighted by Crippen LogP contribution is 2.16. The molecule has 1 aliphatic heterocycles. The zero-order valence-corrected chi connectivity index (χ0v) is 9.62. The summed E-state index contributed by atoms with van der Waals surface area (Å²) >= 11 is 0. The van der Waals surface area contributed by atoms with Crippen LogP contribution in [0.15, 0.2) is 11.5 Å². The number of hydrogen-bond acceptors (Lipinski definition) is 5. The molecular weight excluding hydrogens is 222 g/mol. The number of oxime groups is 1. The van der Waals surface area contributed by atoms with E-state index in [1.807, 2.05) is 0 Å².